The molecule has 1 aliphatic carbocycles. The minimum absolute atomic E-state index is 0.176. The van der Waals surface area contributed by atoms with Crippen LogP contribution in [0.3, 0.4) is 0 Å². The third-order valence-corrected chi connectivity index (χ3v) is 7.37. The van der Waals surface area contributed by atoms with Crippen molar-refractivity contribution in [1.29, 1.82) is 0 Å². The molecule has 3 rings (SSSR count). The Balaban J connectivity index is 2.20. The van der Waals surface area contributed by atoms with Crippen LogP contribution in [0.5, 0.6) is 0 Å². The van der Waals surface area contributed by atoms with Crippen LogP contribution >= 0.6 is 0 Å². The fraction of sp³-hybridized carbons (Fsp3) is 0.577. The molecule has 1 atom stereocenters. The number of benzene rings is 1. The second kappa shape index (κ2) is 7.54. The molecular formula is C26H37NO. The van der Waals surface area contributed by atoms with E-state index in [4.69, 9.17) is 4.52 Å². The summed E-state index contributed by atoms with van der Waals surface area (Å²) < 4.78 is 5.46. The maximum atomic E-state index is 5.46. The molecule has 0 radical (unpaired) electrons. The van der Waals surface area contributed by atoms with Crippen molar-refractivity contribution in [3.63, 3.8) is 0 Å². The van der Waals surface area contributed by atoms with E-state index in [-0.39, 0.29) is 10.8 Å². The molecule has 0 fully saturated rings. The minimum Gasteiger partial charge on any atom is -0.361 e. The van der Waals surface area contributed by atoms with E-state index in [0.717, 1.165) is 18.6 Å². The second-order valence-corrected chi connectivity index (χ2v) is 9.96. The monoisotopic (exact) mass is 379 g/mol. The first-order valence-electron chi connectivity index (χ1n) is 10.8. The Morgan fingerprint density at radius 1 is 1.07 bits per heavy atom. The fourth-order valence-electron chi connectivity index (χ4n) is 4.98. The normalized spacial score (nSPS) is 19.5. The molecule has 1 aromatic heterocycles. The molecule has 1 aliphatic rings. The van der Waals surface area contributed by atoms with Crippen LogP contribution in [0.4, 0.5) is 0 Å². The Kier molecular flexibility index (Phi) is 5.62. The summed E-state index contributed by atoms with van der Waals surface area (Å²) in [6.07, 6.45) is 6.13. The summed E-state index contributed by atoms with van der Waals surface area (Å²) in [4.78, 5) is 0. The number of unbranched alkanes of at least 4 members (excludes halogenated alkanes) is 1. The number of allylic oxidation sites excluding steroid dienone is 2. The number of aromatic nitrogens is 1. The number of rotatable bonds is 6. The van der Waals surface area contributed by atoms with Gasteiger partial charge in [0, 0.05) is 12.5 Å². The van der Waals surface area contributed by atoms with E-state index in [1.807, 2.05) is 6.07 Å². The van der Waals surface area contributed by atoms with Crippen LogP contribution < -0.4 is 0 Å². The lowest BCUT2D eigenvalue weighted by Gasteiger charge is -2.32. The van der Waals surface area contributed by atoms with Crippen molar-refractivity contribution in [2.24, 2.45) is 5.92 Å². The quantitative estimate of drug-likeness (QED) is 0.528. The Hall–Kier alpha value is -1.83. The van der Waals surface area contributed by atoms with Gasteiger partial charge in [0.1, 0.15) is 5.76 Å². The zero-order valence-electron chi connectivity index (χ0n) is 19.1. The highest BCUT2D eigenvalue weighted by atomic mass is 16.5. The fourth-order valence-corrected chi connectivity index (χ4v) is 4.98. The van der Waals surface area contributed by atoms with Gasteiger partial charge in [-0.05, 0) is 71.3 Å². The first-order valence-corrected chi connectivity index (χ1v) is 10.8. The van der Waals surface area contributed by atoms with Crippen molar-refractivity contribution in [3.05, 3.63) is 58.0 Å². The summed E-state index contributed by atoms with van der Waals surface area (Å²) in [6, 6.07) is 7.04. The van der Waals surface area contributed by atoms with E-state index in [9.17, 15) is 0 Å². The molecule has 1 heterocycles. The van der Waals surface area contributed by atoms with Crippen LogP contribution in [-0.4, -0.2) is 5.16 Å². The third kappa shape index (κ3) is 3.47. The van der Waals surface area contributed by atoms with Gasteiger partial charge in [-0.2, -0.15) is 0 Å². The van der Waals surface area contributed by atoms with Crippen LogP contribution in [0, 0.1) is 5.92 Å². The van der Waals surface area contributed by atoms with E-state index in [1.54, 1.807) is 11.8 Å². The van der Waals surface area contributed by atoms with Crippen molar-refractivity contribution >= 4 is 5.57 Å². The van der Waals surface area contributed by atoms with Crippen LogP contribution in [0.15, 0.2) is 34.5 Å². The molecule has 2 nitrogen and oxygen atoms in total. The van der Waals surface area contributed by atoms with E-state index in [1.165, 1.54) is 40.7 Å². The van der Waals surface area contributed by atoms with Crippen molar-refractivity contribution in [3.8, 4) is 0 Å². The standard InChI is InChI=1S/C26H37NO/c1-9-10-11-19-14-23-24(26(7,8)18(4)25(23,5)6)16-22(19)21(17(2)3)15-20-12-13-27-28-20/h12-14,16,18H,9-11,15H2,1-8H3. The van der Waals surface area contributed by atoms with Gasteiger partial charge < -0.3 is 4.52 Å². The molecule has 0 bridgehead atoms. The zero-order valence-corrected chi connectivity index (χ0v) is 19.1. The van der Waals surface area contributed by atoms with Crippen LogP contribution in [0.25, 0.3) is 5.57 Å². The van der Waals surface area contributed by atoms with E-state index < -0.39 is 0 Å². The lowest BCUT2D eigenvalue weighted by Crippen LogP contribution is -2.30. The SMILES string of the molecule is CCCCc1cc2c(cc1C(Cc1ccno1)=C(C)C)C(C)(C)C(C)C2(C)C. The van der Waals surface area contributed by atoms with Crippen molar-refractivity contribution in [2.75, 3.05) is 0 Å². The van der Waals surface area contributed by atoms with Crippen LogP contribution in [0.2, 0.25) is 0 Å². The highest BCUT2D eigenvalue weighted by Crippen LogP contribution is 2.54. The number of aryl methyl sites for hydroxylation is 1. The Labute approximate surface area is 171 Å². The van der Waals surface area contributed by atoms with Gasteiger partial charge in [-0.3, -0.25) is 0 Å². The van der Waals surface area contributed by atoms with Crippen LogP contribution in [-0.2, 0) is 23.7 Å². The molecule has 0 amide bonds. The molecule has 1 unspecified atom stereocenters. The summed E-state index contributed by atoms with van der Waals surface area (Å²) >= 11 is 0. The second-order valence-electron chi connectivity index (χ2n) is 9.96. The van der Waals surface area contributed by atoms with Gasteiger partial charge >= 0.3 is 0 Å². The Morgan fingerprint density at radius 2 is 1.71 bits per heavy atom. The van der Waals surface area contributed by atoms with E-state index >= 15 is 0 Å². The largest absolute Gasteiger partial charge is 0.361 e. The Bertz CT molecular complexity index is 864. The first-order chi connectivity index (χ1) is 13.1. The van der Waals surface area contributed by atoms with Gasteiger partial charge in [0.15, 0.2) is 0 Å². The number of fused-ring (bicyclic) bond motifs is 1. The van der Waals surface area contributed by atoms with E-state index in [0.29, 0.717) is 5.92 Å². The average molecular weight is 380 g/mol. The lowest BCUT2D eigenvalue weighted by molar-refractivity contribution is 0.264. The summed E-state index contributed by atoms with van der Waals surface area (Å²) in [5, 5.41) is 3.91. The smallest absolute Gasteiger partial charge is 0.141 e. The highest BCUT2D eigenvalue weighted by Gasteiger charge is 2.48. The molecule has 0 spiro atoms. The predicted octanol–water partition coefficient (Wildman–Crippen LogP) is 7.26. The average Bonchev–Trinajstić information content (AvgIpc) is 3.19. The van der Waals surface area contributed by atoms with Crippen molar-refractivity contribution < 1.29 is 4.52 Å². The maximum absolute atomic E-state index is 5.46. The molecule has 0 N–H and O–H groups in total. The minimum atomic E-state index is 0.176. The van der Waals surface area contributed by atoms with E-state index in [2.05, 4.69) is 72.7 Å². The summed E-state index contributed by atoms with van der Waals surface area (Å²) in [5.41, 5.74) is 9.11. The number of hydrogen-bond acceptors (Lipinski definition) is 2. The molecule has 0 saturated heterocycles. The number of hydrogen-bond donors (Lipinski definition) is 0. The summed E-state index contributed by atoms with van der Waals surface area (Å²) in [5.74, 6) is 1.54. The first kappa shape index (κ1) is 20.9. The molecule has 0 saturated carbocycles. The van der Waals surface area contributed by atoms with Crippen molar-refractivity contribution in [2.45, 2.75) is 91.9 Å². The molecule has 1 aromatic carbocycles. The molecule has 152 valence electrons. The Morgan fingerprint density at radius 3 is 2.25 bits per heavy atom. The molecule has 0 aliphatic heterocycles. The van der Waals surface area contributed by atoms with Gasteiger partial charge in [-0.25, -0.2) is 0 Å². The van der Waals surface area contributed by atoms with Crippen LogP contribution in [0.1, 0.15) is 96.2 Å². The predicted molar refractivity (Wildman–Crippen MR) is 119 cm³/mol. The third-order valence-electron chi connectivity index (χ3n) is 7.37. The lowest BCUT2D eigenvalue weighted by atomic mass is 9.71. The highest BCUT2D eigenvalue weighted by molar-refractivity contribution is 5.74. The molecule has 28 heavy (non-hydrogen) atoms. The van der Waals surface area contributed by atoms with Gasteiger partial charge in [0.05, 0.1) is 6.20 Å². The molecule has 2 aromatic rings. The van der Waals surface area contributed by atoms with Gasteiger partial charge in [-0.1, -0.05) is 70.8 Å². The maximum Gasteiger partial charge on any atom is 0.141 e. The molecule has 2 heteroatoms. The summed E-state index contributed by atoms with van der Waals surface area (Å²) in [7, 11) is 0. The van der Waals surface area contributed by atoms with Gasteiger partial charge in [0.25, 0.3) is 0 Å². The summed E-state index contributed by atoms with van der Waals surface area (Å²) in [6.45, 7) is 18.8. The van der Waals surface area contributed by atoms with Gasteiger partial charge in [0.2, 0.25) is 0 Å². The zero-order chi connectivity index (χ0) is 20.7. The topological polar surface area (TPSA) is 26.0 Å². The number of nitrogens with zero attached hydrogens (tertiary/aromatic N) is 1. The van der Waals surface area contributed by atoms with Gasteiger partial charge in [-0.15, -0.1) is 0 Å². The van der Waals surface area contributed by atoms with Crippen molar-refractivity contribution in [1.82, 2.24) is 5.16 Å². The molecular weight excluding hydrogens is 342 g/mol.